The highest BCUT2D eigenvalue weighted by molar-refractivity contribution is 5.68. The van der Waals surface area contributed by atoms with E-state index in [2.05, 4.69) is 0 Å². The topological polar surface area (TPSA) is 66.8 Å². The zero-order valence-electron chi connectivity index (χ0n) is 9.74. The van der Waals surface area contributed by atoms with Gasteiger partial charge in [0, 0.05) is 20.0 Å². The van der Waals surface area contributed by atoms with Crippen LogP contribution in [-0.2, 0) is 9.53 Å². The summed E-state index contributed by atoms with van der Waals surface area (Å²) in [4.78, 5) is 23.0. The summed E-state index contributed by atoms with van der Waals surface area (Å²) in [7, 11) is 1.59. The van der Waals surface area contributed by atoms with Crippen molar-refractivity contribution in [3.63, 3.8) is 0 Å². The molecule has 0 aromatic heterocycles. The van der Waals surface area contributed by atoms with Crippen LogP contribution >= 0.6 is 0 Å². The van der Waals surface area contributed by atoms with Gasteiger partial charge in [-0.1, -0.05) is 0 Å². The lowest BCUT2D eigenvalue weighted by Gasteiger charge is -2.24. The minimum atomic E-state index is -0.854. The van der Waals surface area contributed by atoms with Crippen LogP contribution in [0.1, 0.15) is 33.6 Å². The Hall–Kier alpha value is -1.26. The van der Waals surface area contributed by atoms with Crippen LogP contribution in [0.15, 0.2) is 0 Å². The highest BCUT2D eigenvalue weighted by Gasteiger charge is 2.19. The first-order valence-electron chi connectivity index (χ1n) is 4.88. The minimum absolute atomic E-state index is 0.0626. The van der Waals surface area contributed by atoms with Crippen LogP contribution in [0.2, 0.25) is 0 Å². The first-order chi connectivity index (χ1) is 6.72. The molecule has 0 unspecified atom stereocenters. The molecule has 1 amide bonds. The fraction of sp³-hybridized carbons (Fsp3) is 0.800. The van der Waals surface area contributed by atoms with E-state index in [1.807, 2.05) is 0 Å². The zero-order chi connectivity index (χ0) is 12.1. The molecule has 5 nitrogen and oxygen atoms in total. The molecule has 0 atom stereocenters. The number of hydrogen-bond donors (Lipinski definition) is 1. The average Bonchev–Trinajstić information content (AvgIpc) is 1.99. The van der Waals surface area contributed by atoms with E-state index in [0.717, 1.165) is 0 Å². The van der Waals surface area contributed by atoms with Crippen LogP contribution in [0, 0.1) is 0 Å². The lowest BCUT2D eigenvalue weighted by molar-refractivity contribution is -0.137. The van der Waals surface area contributed by atoms with Gasteiger partial charge in [-0.3, -0.25) is 4.79 Å². The number of ether oxygens (including phenoxy) is 1. The molecule has 0 aliphatic carbocycles. The highest BCUT2D eigenvalue weighted by atomic mass is 16.6. The van der Waals surface area contributed by atoms with Crippen LogP contribution in [0.4, 0.5) is 4.79 Å². The van der Waals surface area contributed by atoms with Crippen molar-refractivity contribution in [2.75, 3.05) is 13.6 Å². The van der Waals surface area contributed by atoms with Crippen LogP contribution in [0.25, 0.3) is 0 Å². The molecule has 5 heteroatoms. The second-order valence-corrected chi connectivity index (χ2v) is 4.40. The van der Waals surface area contributed by atoms with E-state index in [0.29, 0.717) is 13.0 Å². The predicted molar refractivity (Wildman–Crippen MR) is 55.7 cm³/mol. The third-order valence-electron chi connectivity index (χ3n) is 1.59. The largest absolute Gasteiger partial charge is 0.481 e. The molecule has 0 aromatic rings. The van der Waals surface area contributed by atoms with Gasteiger partial charge < -0.3 is 14.7 Å². The fourth-order valence-electron chi connectivity index (χ4n) is 0.899. The van der Waals surface area contributed by atoms with E-state index >= 15 is 0 Å². The number of rotatable bonds is 4. The first-order valence-corrected chi connectivity index (χ1v) is 4.88. The standard InChI is InChI=1S/C10H19NO4/c1-10(2,3)15-9(14)11(4)7-5-6-8(12)13/h5-7H2,1-4H3,(H,12,13). The molecule has 0 saturated heterocycles. The van der Waals surface area contributed by atoms with Gasteiger partial charge in [-0.2, -0.15) is 0 Å². The number of amides is 1. The molecule has 0 spiro atoms. The summed E-state index contributed by atoms with van der Waals surface area (Å²) < 4.78 is 5.10. The van der Waals surface area contributed by atoms with E-state index in [9.17, 15) is 9.59 Å². The maximum absolute atomic E-state index is 11.4. The van der Waals surface area contributed by atoms with Crippen molar-refractivity contribution < 1.29 is 19.4 Å². The highest BCUT2D eigenvalue weighted by Crippen LogP contribution is 2.09. The monoisotopic (exact) mass is 217 g/mol. The van der Waals surface area contributed by atoms with E-state index in [-0.39, 0.29) is 6.42 Å². The van der Waals surface area contributed by atoms with Crippen LogP contribution in [0.3, 0.4) is 0 Å². The Morgan fingerprint density at radius 2 is 1.87 bits per heavy atom. The molecule has 1 N–H and O–H groups in total. The molecule has 0 radical (unpaired) electrons. The molecular weight excluding hydrogens is 198 g/mol. The normalized spacial score (nSPS) is 10.9. The second kappa shape index (κ2) is 5.58. The lowest BCUT2D eigenvalue weighted by atomic mass is 10.2. The van der Waals surface area contributed by atoms with Gasteiger partial charge in [0.25, 0.3) is 0 Å². The molecule has 0 bridgehead atoms. The zero-order valence-corrected chi connectivity index (χ0v) is 9.74. The molecule has 0 fully saturated rings. The molecule has 0 rings (SSSR count). The molecule has 88 valence electrons. The Kier molecular flexibility index (Phi) is 5.11. The fourth-order valence-corrected chi connectivity index (χ4v) is 0.899. The number of carboxylic acid groups (broad SMARTS) is 1. The van der Waals surface area contributed by atoms with E-state index in [1.165, 1.54) is 4.90 Å². The number of carboxylic acids is 1. The van der Waals surface area contributed by atoms with E-state index in [1.54, 1.807) is 27.8 Å². The van der Waals surface area contributed by atoms with Crippen molar-refractivity contribution in [2.24, 2.45) is 0 Å². The van der Waals surface area contributed by atoms with Crippen LogP contribution < -0.4 is 0 Å². The van der Waals surface area contributed by atoms with Gasteiger partial charge >= 0.3 is 12.1 Å². The smallest absolute Gasteiger partial charge is 0.410 e. The Balaban J connectivity index is 3.85. The third kappa shape index (κ3) is 7.78. The molecule has 0 aromatic carbocycles. The van der Waals surface area contributed by atoms with Crippen LogP contribution in [-0.4, -0.2) is 41.3 Å². The van der Waals surface area contributed by atoms with Gasteiger partial charge in [0.15, 0.2) is 0 Å². The van der Waals surface area contributed by atoms with Crippen molar-refractivity contribution in [3.05, 3.63) is 0 Å². The maximum atomic E-state index is 11.4. The van der Waals surface area contributed by atoms with Crippen LogP contribution in [0.5, 0.6) is 0 Å². The molecule has 0 aliphatic rings. The van der Waals surface area contributed by atoms with Gasteiger partial charge in [-0.25, -0.2) is 4.79 Å². The van der Waals surface area contributed by atoms with Gasteiger partial charge in [0.1, 0.15) is 5.60 Å². The summed E-state index contributed by atoms with van der Waals surface area (Å²) in [5.41, 5.74) is -0.516. The van der Waals surface area contributed by atoms with Gasteiger partial charge in [0.2, 0.25) is 0 Å². The molecule has 0 aliphatic heterocycles. The maximum Gasteiger partial charge on any atom is 0.410 e. The third-order valence-corrected chi connectivity index (χ3v) is 1.59. The van der Waals surface area contributed by atoms with Gasteiger partial charge in [0.05, 0.1) is 0 Å². The summed E-state index contributed by atoms with van der Waals surface area (Å²) in [6, 6.07) is 0. The lowest BCUT2D eigenvalue weighted by Crippen LogP contribution is -2.34. The first kappa shape index (κ1) is 13.7. The Labute approximate surface area is 90.0 Å². The van der Waals surface area contributed by atoms with E-state index < -0.39 is 17.7 Å². The number of hydrogen-bond acceptors (Lipinski definition) is 3. The van der Waals surface area contributed by atoms with E-state index in [4.69, 9.17) is 9.84 Å². The number of carbonyl (C=O) groups excluding carboxylic acids is 1. The predicted octanol–water partition coefficient (Wildman–Crippen LogP) is 1.72. The van der Waals surface area contributed by atoms with Crippen molar-refractivity contribution in [2.45, 2.75) is 39.2 Å². The summed E-state index contributed by atoms with van der Waals surface area (Å²) >= 11 is 0. The summed E-state index contributed by atoms with van der Waals surface area (Å²) in [6.45, 7) is 5.75. The number of nitrogens with zero attached hydrogens (tertiary/aromatic N) is 1. The van der Waals surface area contributed by atoms with Crippen molar-refractivity contribution in [1.82, 2.24) is 4.90 Å². The average molecular weight is 217 g/mol. The summed E-state index contributed by atoms with van der Waals surface area (Å²) in [6.07, 6.45) is 0.0750. The quantitative estimate of drug-likeness (QED) is 0.778. The molecular formula is C10H19NO4. The van der Waals surface area contributed by atoms with Gasteiger partial charge in [-0.05, 0) is 27.2 Å². The summed E-state index contributed by atoms with van der Waals surface area (Å²) in [5.74, 6) is -0.854. The Bertz CT molecular complexity index is 232. The van der Waals surface area contributed by atoms with Crippen molar-refractivity contribution in [1.29, 1.82) is 0 Å². The number of aliphatic carboxylic acids is 1. The van der Waals surface area contributed by atoms with Crippen molar-refractivity contribution in [3.8, 4) is 0 Å². The molecule has 15 heavy (non-hydrogen) atoms. The number of carbonyl (C=O) groups is 2. The Morgan fingerprint density at radius 1 is 1.33 bits per heavy atom. The summed E-state index contributed by atoms with van der Waals surface area (Å²) in [5, 5.41) is 8.42. The molecule has 0 saturated carbocycles. The second-order valence-electron chi connectivity index (χ2n) is 4.40. The molecule has 0 heterocycles. The SMILES string of the molecule is CN(CCCC(=O)O)C(=O)OC(C)(C)C. The Morgan fingerprint density at radius 3 is 2.27 bits per heavy atom. The van der Waals surface area contributed by atoms with Crippen molar-refractivity contribution >= 4 is 12.1 Å². The minimum Gasteiger partial charge on any atom is -0.481 e. The van der Waals surface area contributed by atoms with Gasteiger partial charge in [-0.15, -0.1) is 0 Å².